The van der Waals surface area contributed by atoms with E-state index in [4.69, 9.17) is 4.74 Å². The second-order valence-electron chi connectivity index (χ2n) is 5.14. The van der Waals surface area contributed by atoms with Crippen LogP contribution >= 0.6 is 0 Å². The molecule has 4 nitrogen and oxygen atoms in total. The minimum Gasteiger partial charge on any atom is -0.494 e. The van der Waals surface area contributed by atoms with Crippen LogP contribution in [0, 0.1) is 0 Å². The Kier molecular flexibility index (Phi) is 4.02. The predicted octanol–water partition coefficient (Wildman–Crippen LogP) is 3.29. The molecule has 2 heterocycles. The van der Waals surface area contributed by atoms with Gasteiger partial charge in [-0.05, 0) is 56.1 Å². The second-order valence-corrected chi connectivity index (χ2v) is 5.14. The lowest BCUT2D eigenvalue weighted by Crippen LogP contribution is -2.27. The summed E-state index contributed by atoms with van der Waals surface area (Å²) in [6.45, 7) is 3.77. The summed E-state index contributed by atoms with van der Waals surface area (Å²) in [5.41, 5.74) is 2.21. The Morgan fingerprint density at radius 2 is 2.10 bits per heavy atom. The maximum Gasteiger partial charge on any atom is 0.123 e. The first kappa shape index (κ1) is 13.2. The molecule has 1 fully saturated rings. The molecular formula is C16H21N3O. The molecule has 20 heavy (non-hydrogen) atoms. The minimum absolute atomic E-state index is 0.375. The van der Waals surface area contributed by atoms with Crippen LogP contribution in [0.1, 0.15) is 38.1 Å². The molecule has 1 saturated heterocycles. The fourth-order valence-electron chi connectivity index (χ4n) is 2.64. The van der Waals surface area contributed by atoms with Crippen LogP contribution in [0.2, 0.25) is 0 Å². The van der Waals surface area contributed by atoms with Crippen LogP contribution in [0.4, 0.5) is 0 Å². The van der Waals surface area contributed by atoms with E-state index in [0.29, 0.717) is 12.6 Å². The van der Waals surface area contributed by atoms with Crippen molar-refractivity contribution in [2.75, 3.05) is 13.2 Å². The first-order valence-electron chi connectivity index (χ1n) is 7.38. The van der Waals surface area contributed by atoms with Crippen LogP contribution in [0.15, 0.2) is 30.5 Å². The monoisotopic (exact) mass is 271 g/mol. The van der Waals surface area contributed by atoms with E-state index in [0.717, 1.165) is 35.8 Å². The van der Waals surface area contributed by atoms with Crippen molar-refractivity contribution in [3.05, 3.63) is 36.3 Å². The molecule has 3 rings (SSSR count). The molecule has 106 valence electrons. The van der Waals surface area contributed by atoms with Crippen LogP contribution in [0.5, 0.6) is 5.75 Å². The van der Waals surface area contributed by atoms with E-state index in [-0.39, 0.29) is 0 Å². The van der Waals surface area contributed by atoms with Crippen molar-refractivity contribution in [1.82, 2.24) is 15.3 Å². The van der Waals surface area contributed by atoms with Gasteiger partial charge in [0, 0.05) is 0 Å². The molecule has 0 spiro atoms. The molecule has 1 atom stereocenters. The van der Waals surface area contributed by atoms with E-state index in [1.165, 1.54) is 12.8 Å². The zero-order valence-electron chi connectivity index (χ0n) is 11.9. The third-order valence-corrected chi connectivity index (χ3v) is 3.71. The van der Waals surface area contributed by atoms with E-state index in [1.807, 2.05) is 25.3 Å². The van der Waals surface area contributed by atoms with Crippen LogP contribution in [-0.2, 0) is 0 Å². The fourth-order valence-corrected chi connectivity index (χ4v) is 2.64. The number of hydrogen-bond acceptors (Lipinski definition) is 3. The molecule has 4 heteroatoms. The van der Waals surface area contributed by atoms with Gasteiger partial charge in [0.1, 0.15) is 11.6 Å². The number of benzene rings is 1. The maximum atomic E-state index is 5.46. The standard InChI is InChI=1S/C16H21N3O/c1-2-20-13-8-6-12(7-9-13)15-11-18-16(19-15)14-5-3-4-10-17-14/h6-9,11,14,17H,2-5,10H2,1H3,(H,18,19). The zero-order valence-corrected chi connectivity index (χ0v) is 11.9. The summed E-state index contributed by atoms with van der Waals surface area (Å²) in [5.74, 6) is 1.96. The molecule has 1 aliphatic heterocycles. The third-order valence-electron chi connectivity index (χ3n) is 3.71. The smallest absolute Gasteiger partial charge is 0.123 e. The maximum absolute atomic E-state index is 5.46. The van der Waals surface area contributed by atoms with Crippen LogP contribution in [0.25, 0.3) is 11.3 Å². The van der Waals surface area contributed by atoms with Crippen molar-refractivity contribution in [3.8, 4) is 17.0 Å². The van der Waals surface area contributed by atoms with Crippen molar-refractivity contribution in [2.45, 2.75) is 32.2 Å². The molecule has 0 radical (unpaired) electrons. The first-order chi connectivity index (χ1) is 9.86. The summed E-state index contributed by atoms with van der Waals surface area (Å²) >= 11 is 0. The van der Waals surface area contributed by atoms with E-state index in [9.17, 15) is 0 Å². The molecule has 0 saturated carbocycles. The second kappa shape index (κ2) is 6.09. The van der Waals surface area contributed by atoms with E-state index >= 15 is 0 Å². The number of H-pyrrole nitrogens is 1. The Bertz CT molecular complexity index is 541. The van der Waals surface area contributed by atoms with Crippen molar-refractivity contribution >= 4 is 0 Å². The number of nitrogens with zero attached hydrogens (tertiary/aromatic N) is 1. The van der Waals surface area contributed by atoms with E-state index in [2.05, 4.69) is 27.4 Å². The van der Waals surface area contributed by atoms with E-state index in [1.54, 1.807) is 0 Å². The Hall–Kier alpha value is -1.81. The van der Waals surface area contributed by atoms with Gasteiger partial charge in [0.2, 0.25) is 0 Å². The van der Waals surface area contributed by atoms with Crippen LogP contribution in [0.3, 0.4) is 0 Å². The summed E-state index contributed by atoms with van der Waals surface area (Å²) in [6.07, 6.45) is 5.62. The Labute approximate surface area is 119 Å². The van der Waals surface area contributed by atoms with Crippen LogP contribution < -0.4 is 10.1 Å². The molecule has 1 aromatic heterocycles. The molecule has 0 amide bonds. The quantitative estimate of drug-likeness (QED) is 0.897. The van der Waals surface area contributed by atoms with Gasteiger partial charge in [-0.25, -0.2) is 4.98 Å². The average Bonchev–Trinajstić information content (AvgIpc) is 2.99. The Morgan fingerprint density at radius 1 is 1.25 bits per heavy atom. The summed E-state index contributed by atoms with van der Waals surface area (Å²) in [6, 6.07) is 8.50. The number of ether oxygens (including phenoxy) is 1. The number of nitrogens with one attached hydrogen (secondary N) is 2. The number of aromatic nitrogens is 2. The Morgan fingerprint density at radius 3 is 2.80 bits per heavy atom. The van der Waals surface area contributed by atoms with Crippen molar-refractivity contribution in [3.63, 3.8) is 0 Å². The molecular weight excluding hydrogens is 250 g/mol. The molecule has 1 unspecified atom stereocenters. The average molecular weight is 271 g/mol. The molecule has 0 aliphatic carbocycles. The zero-order chi connectivity index (χ0) is 13.8. The highest BCUT2D eigenvalue weighted by molar-refractivity contribution is 5.59. The molecule has 1 aromatic carbocycles. The summed E-state index contributed by atoms with van der Waals surface area (Å²) < 4.78 is 5.46. The first-order valence-corrected chi connectivity index (χ1v) is 7.38. The van der Waals surface area contributed by atoms with Crippen molar-refractivity contribution in [1.29, 1.82) is 0 Å². The molecule has 2 N–H and O–H groups in total. The molecule has 0 bridgehead atoms. The van der Waals surface area contributed by atoms with Gasteiger partial charge in [0.25, 0.3) is 0 Å². The Balaban J connectivity index is 1.75. The van der Waals surface area contributed by atoms with Gasteiger partial charge in [0.05, 0.1) is 24.5 Å². The SMILES string of the molecule is CCOc1ccc(-c2cnc(C3CCCCN3)[nH]2)cc1. The summed E-state index contributed by atoms with van der Waals surface area (Å²) in [5, 5.41) is 3.51. The number of imidazole rings is 1. The van der Waals surface area contributed by atoms with Crippen molar-refractivity contribution < 1.29 is 4.74 Å². The van der Waals surface area contributed by atoms with E-state index < -0.39 is 0 Å². The largest absolute Gasteiger partial charge is 0.494 e. The highest BCUT2D eigenvalue weighted by Gasteiger charge is 2.17. The van der Waals surface area contributed by atoms with Gasteiger partial charge in [-0.3, -0.25) is 0 Å². The number of rotatable bonds is 4. The van der Waals surface area contributed by atoms with Gasteiger partial charge < -0.3 is 15.0 Å². The number of hydrogen-bond donors (Lipinski definition) is 2. The molecule has 2 aromatic rings. The van der Waals surface area contributed by atoms with Gasteiger partial charge in [-0.2, -0.15) is 0 Å². The van der Waals surface area contributed by atoms with Crippen molar-refractivity contribution in [2.24, 2.45) is 0 Å². The predicted molar refractivity (Wildman–Crippen MR) is 79.8 cm³/mol. The highest BCUT2D eigenvalue weighted by atomic mass is 16.5. The number of aromatic amines is 1. The minimum atomic E-state index is 0.375. The fraction of sp³-hybridized carbons (Fsp3) is 0.438. The van der Waals surface area contributed by atoms with Gasteiger partial charge >= 0.3 is 0 Å². The lowest BCUT2D eigenvalue weighted by molar-refractivity contribution is 0.340. The summed E-state index contributed by atoms with van der Waals surface area (Å²) in [7, 11) is 0. The topological polar surface area (TPSA) is 49.9 Å². The third kappa shape index (κ3) is 2.85. The lowest BCUT2D eigenvalue weighted by atomic mass is 10.0. The van der Waals surface area contributed by atoms with Gasteiger partial charge in [-0.15, -0.1) is 0 Å². The van der Waals surface area contributed by atoms with Gasteiger partial charge in [-0.1, -0.05) is 6.42 Å². The van der Waals surface area contributed by atoms with Gasteiger partial charge in [0.15, 0.2) is 0 Å². The lowest BCUT2D eigenvalue weighted by Gasteiger charge is -2.21. The normalized spacial score (nSPS) is 18.9. The highest BCUT2D eigenvalue weighted by Crippen LogP contribution is 2.25. The number of piperidine rings is 1. The molecule has 1 aliphatic rings. The summed E-state index contributed by atoms with van der Waals surface area (Å²) in [4.78, 5) is 7.96. The van der Waals surface area contributed by atoms with Crippen LogP contribution in [-0.4, -0.2) is 23.1 Å².